The van der Waals surface area contributed by atoms with E-state index in [1.165, 1.54) is 0 Å². The molecule has 1 heterocycles. The first-order valence-electron chi connectivity index (χ1n) is 4.61. The minimum atomic E-state index is -1.12. The molecule has 0 radical (unpaired) electrons. The molecule has 0 amide bonds. The standard InChI is InChI=1S/C9H10ClN3O4/c1-4-5(2)12-9(10)8(13(16)17)7(4)11-3-6(14)15/h3H2,1-2H3,(H,11,12)(H,14,15). The van der Waals surface area contributed by atoms with Crippen molar-refractivity contribution in [3.8, 4) is 0 Å². The summed E-state index contributed by atoms with van der Waals surface area (Å²) in [4.78, 5) is 24.4. The third-order valence-electron chi connectivity index (χ3n) is 2.21. The highest BCUT2D eigenvalue weighted by Gasteiger charge is 2.24. The molecule has 0 saturated carbocycles. The average Bonchev–Trinajstić information content (AvgIpc) is 2.20. The van der Waals surface area contributed by atoms with Gasteiger partial charge in [0.2, 0.25) is 5.15 Å². The lowest BCUT2D eigenvalue weighted by molar-refractivity contribution is -0.384. The van der Waals surface area contributed by atoms with Crippen molar-refractivity contribution in [3.63, 3.8) is 0 Å². The molecule has 1 aromatic heterocycles. The van der Waals surface area contributed by atoms with Crippen LogP contribution in [-0.2, 0) is 4.79 Å². The van der Waals surface area contributed by atoms with Gasteiger partial charge in [0.1, 0.15) is 12.2 Å². The molecule has 0 aliphatic heterocycles. The number of hydrogen-bond acceptors (Lipinski definition) is 5. The minimum absolute atomic E-state index is 0.0925. The van der Waals surface area contributed by atoms with Crippen molar-refractivity contribution in [2.45, 2.75) is 13.8 Å². The van der Waals surface area contributed by atoms with E-state index in [-0.39, 0.29) is 10.8 Å². The van der Waals surface area contributed by atoms with E-state index in [1.54, 1.807) is 13.8 Å². The van der Waals surface area contributed by atoms with Crippen molar-refractivity contribution in [1.29, 1.82) is 0 Å². The maximum atomic E-state index is 10.8. The molecule has 92 valence electrons. The van der Waals surface area contributed by atoms with Gasteiger partial charge in [0, 0.05) is 11.3 Å². The lowest BCUT2D eigenvalue weighted by Crippen LogP contribution is -2.15. The van der Waals surface area contributed by atoms with Crippen LogP contribution in [-0.4, -0.2) is 27.5 Å². The van der Waals surface area contributed by atoms with Crippen molar-refractivity contribution in [1.82, 2.24) is 4.98 Å². The third kappa shape index (κ3) is 2.82. The van der Waals surface area contributed by atoms with Gasteiger partial charge in [-0.05, 0) is 13.8 Å². The monoisotopic (exact) mass is 259 g/mol. The van der Waals surface area contributed by atoms with E-state index in [0.717, 1.165) is 0 Å². The number of nitrogens with zero attached hydrogens (tertiary/aromatic N) is 2. The summed E-state index contributed by atoms with van der Waals surface area (Å²) >= 11 is 5.68. The molecule has 0 aliphatic carbocycles. The van der Waals surface area contributed by atoms with Gasteiger partial charge < -0.3 is 10.4 Å². The average molecular weight is 260 g/mol. The number of halogens is 1. The van der Waals surface area contributed by atoms with Gasteiger partial charge in [-0.2, -0.15) is 0 Å². The van der Waals surface area contributed by atoms with Crippen molar-refractivity contribution in [2.24, 2.45) is 0 Å². The van der Waals surface area contributed by atoms with Gasteiger partial charge >= 0.3 is 11.7 Å². The number of carboxylic acids is 1. The fourth-order valence-corrected chi connectivity index (χ4v) is 1.58. The van der Waals surface area contributed by atoms with Crippen LogP contribution < -0.4 is 5.32 Å². The van der Waals surface area contributed by atoms with Gasteiger partial charge in [-0.15, -0.1) is 0 Å². The highest BCUT2D eigenvalue weighted by atomic mass is 35.5. The number of aromatic nitrogens is 1. The number of nitrogens with one attached hydrogen (secondary N) is 1. The molecule has 2 N–H and O–H groups in total. The van der Waals surface area contributed by atoms with Crippen LogP contribution in [0.4, 0.5) is 11.4 Å². The number of carboxylic acid groups (broad SMARTS) is 1. The van der Waals surface area contributed by atoms with Gasteiger partial charge in [-0.25, -0.2) is 4.98 Å². The van der Waals surface area contributed by atoms with Crippen molar-refractivity contribution in [2.75, 3.05) is 11.9 Å². The third-order valence-corrected chi connectivity index (χ3v) is 2.48. The number of aryl methyl sites for hydroxylation is 1. The van der Waals surface area contributed by atoms with E-state index in [4.69, 9.17) is 16.7 Å². The van der Waals surface area contributed by atoms with Gasteiger partial charge in [-0.1, -0.05) is 11.6 Å². The topological polar surface area (TPSA) is 105 Å². The molecule has 0 atom stereocenters. The fraction of sp³-hybridized carbons (Fsp3) is 0.333. The van der Waals surface area contributed by atoms with E-state index >= 15 is 0 Å². The molecule has 0 unspecified atom stereocenters. The Morgan fingerprint density at radius 3 is 2.65 bits per heavy atom. The lowest BCUT2D eigenvalue weighted by atomic mass is 10.1. The van der Waals surface area contributed by atoms with Crippen LogP contribution in [0.15, 0.2) is 0 Å². The number of pyridine rings is 1. The van der Waals surface area contributed by atoms with Crippen molar-refractivity contribution < 1.29 is 14.8 Å². The molecule has 0 spiro atoms. The second-order valence-corrected chi connectivity index (χ2v) is 3.70. The summed E-state index contributed by atoms with van der Waals surface area (Å²) in [5.74, 6) is -1.12. The second-order valence-electron chi connectivity index (χ2n) is 3.34. The smallest absolute Gasteiger partial charge is 0.329 e. The van der Waals surface area contributed by atoms with E-state index in [1.807, 2.05) is 0 Å². The molecule has 0 bridgehead atoms. The number of rotatable bonds is 4. The number of hydrogen-bond donors (Lipinski definition) is 2. The molecule has 1 rings (SSSR count). The quantitative estimate of drug-likeness (QED) is 0.485. The minimum Gasteiger partial charge on any atom is -0.480 e. The molecule has 0 fully saturated rings. The van der Waals surface area contributed by atoms with Gasteiger partial charge in [0.25, 0.3) is 0 Å². The number of nitro groups is 1. The molecule has 8 heteroatoms. The molecule has 7 nitrogen and oxygen atoms in total. The Morgan fingerprint density at radius 2 is 2.18 bits per heavy atom. The summed E-state index contributed by atoms with van der Waals surface area (Å²) < 4.78 is 0. The highest BCUT2D eigenvalue weighted by molar-refractivity contribution is 6.32. The Hall–Kier alpha value is -1.89. The van der Waals surface area contributed by atoms with Crippen LogP contribution in [0.2, 0.25) is 5.15 Å². The Balaban J connectivity index is 3.32. The largest absolute Gasteiger partial charge is 0.480 e. The Bertz CT molecular complexity index is 490. The zero-order chi connectivity index (χ0) is 13.2. The number of aliphatic carboxylic acids is 1. The summed E-state index contributed by atoms with van der Waals surface area (Å²) in [5.41, 5.74) is 0.696. The molecule has 17 heavy (non-hydrogen) atoms. The van der Waals surface area contributed by atoms with Crippen LogP contribution >= 0.6 is 11.6 Å². The number of carbonyl (C=O) groups is 1. The maximum absolute atomic E-state index is 10.8. The number of anilines is 1. The normalized spacial score (nSPS) is 10.1. The van der Waals surface area contributed by atoms with E-state index in [2.05, 4.69) is 10.3 Å². The van der Waals surface area contributed by atoms with Crippen LogP contribution in [0, 0.1) is 24.0 Å². The molecule has 1 aromatic rings. The highest BCUT2D eigenvalue weighted by Crippen LogP contribution is 2.34. The van der Waals surface area contributed by atoms with E-state index < -0.39 is 23.1 Å². The lowest BCUT2D eigenvalue weighted by Gasteiger charge is -2.10. The first kappa shape index (κ1) is 13.2. The van der Waals surface area contributed by atoms with E-state index in [9.17, 15) is 14.9 Å². The second kappa shape index (κ2) is 4.96. The Labute approximate surface area is 102 Å². The maximum Gasteiger partial charge on any atom is 0.329 e. The van der Waals surface area contributed by atoms with Crippen molar-refractivity contribution >= 4 is 28.9 Å². The fourth-order valence-electron chi connectivity index (χ4n) is 1.29. The summed E-state index contributed by atoms with van der Waals surface area (Å²) in [6.07, 6.45) is 0. The van der Waals surface area contributed by atoms with Crippen molar-refractivity contribution in [3.05, 3.63) is 26.5 Å². The zero-order valence-electron chi connectivity index (χ0n) is 9.15. The van der Waals surface area contributed by atoms with Gasteiger partial charge in [-0.3, -0.25) is 14.9 Å². The molecule has 0 saturated heterocycles. The SMILES string of the molecule is Cc1nc(Cl)c([N+](=O)[O-])c(NCC(=O)O)c1C. The zero-order valence-corrected chi connectivity index (χ0v) is 9.91. The first-order chi connectivity index (χ1) is 7.84. The summed E-state index contributed by atoms with van der Waals surface area (Å²) in [6, 6.07) is 0. The Kier molecular flexibility index (Phi) is 3.84. The summed E-state index contributed by atoms with van der Waals surface area (Å²) in [6.45, 7) is 2.81. The predicted molar refractivity (Wildman–Crippen MR) is 61.5 cm³/mol. The van der Waals surface area contributed by atoms with Crippen LogP contribution in [0.3, 0.4) is 0 Å². The molecule has 0 aromatic carbocycles. The first-order valence-corrected chi connectivity index (χ1v) is 4.99. The summed E-state index contributed by atoms with van der Waals surface area (Å²) in [7, 11) is 0. The van der Waals surface area contributed by atoms with Crippen LogP contribution in [0.25, 0.3) is 0 Å². The van der Waals surface area contributed by atoms with Crippen LogP contribution in [0.5, 0.6) is 0 Å². The molecule has 0 aliphatic rings. The summed E-state index contributed by atoms with van der Waals surface area (Å²) in [5, 5.41) is 21.6. The molecular weight excluding hydrogens is 250 g/mol. The van der Waals surface area contributed by atoms with E-state index in [0.29, 0.717) is 11.3 Å². The molecular formula is C9H10ClN3O4. The predicted octanol–water partition coefficient (Wildman–Crippen LogP) is 1.76. The van der Waals surface area contributed by atoms with Crippen LogP contribution in [0.1, 0.15) is 11.3 Å². The Morgan fingerprint density at radius 1 is 1.59 bits per heavy atom. The van der Waals surface area contributed by atoms with Gasteiger partial charge in [0.05, 0.1) is 4.92 Å². The van der Waals surface area contributed by atoms with Gasteiger partial charge in [0.15, 0.2) is 0 Å².